The maximum absolute atomic E-state index is 6.03. The molecule has 0 amide bonds. The Bertz CT molecular complexity index is 296. The Morgan fingerprint density at radius 1 is 1.53 bits per heavy atom. The van der Waals surface area contributed by atoms with Gasteiger partial charge in [-0.25, -0.2) is 9.97 Å². The van der Waals surface area contributed by atoms with Crippen molar-refractivity contribution in [3.63, 3.8) is 0 Å². The molecule has 0 spiro atoms. The lowest BCUT2D eigenvalue weighted by Crippen LogP contribution is -2.29. The van der Waals surface area contributed by atoms with Crippen LogP contribution >= 0.6 is 34.2 Å². The smallest absolute Gasteiger partial charge is 0.225 e. The quantitative estimate of drug-likeness (QED) is 0.604. The number of halogens is 2. The zero-order valence-corrected chi connectivity index (χ0v) is 11.6. The summed E-state index contributed by atoms with van der Waals surface area (Å²) in [6.07, 6.45) is 3.55. The van der Waals surface area contributed by atoms with Crippen LogP contribution in [0.2, 0.25) is 0 Å². The Balaban J connectivity index is 2.53. The van der Waals surface area contributed by atoms with Crippen LogP contribution in [0.3, 0.4) is 0 Å². The van der Waals surface area contributed by atoms with Gasteiger partial charge in [-0.1, -0.05) is 0 Å². The Labute approximate surface area is 108 Å². The van der Waals surface area contributed by atoms with Crippen molar-refractivity contribution in [1.29, 1.82) is 0 Å². The minimum absolute atomic E-state index is 0.0529. The minimum Gasteiger partial charge on any atom is -0.383 e. The van der Waals surface area contributed by atoms with E-state index in [-0.39, 0.29) is 5.38 Å². The summed E-state index contributed by atoms with van der Waals surface area (Å²) < 4.78 is 5.98. The van der Waals surface area contributed by atoms with E-state index < -0.39 is 0 Å². The Morgan fingerprint density at radius 2 is 2.13 bits per heavy atom. The monoisotopic (exact) mass is 341 g/mol. The molecule has 0 fully saturated rings. The predicted molar refractivity (Wildman–Crippen MR) is 69.5 cm³/mol. The van der Waals surface area contributed by atoms with Crippen molar-refractivity contribution >= 4 is 40.1 Å². The summed E-state index contributed by atoms with van der Waals surface area (Å²) >= 11 is 8.20. The van der Waals surface area contributed by atoms with Crippen molar-refractivity contribution < 1.29 is 4.74 Å². The van der Waals surface area contributed by atoms with Crippen LogP contribution in [0.25, 0.3) is 0 Å². The van der Waals surface area contributed by atoms with Crippen molar-refractivity contribution in [2.75, 3.05) is 32.2 Å². The van der Waals surface area contributed by atoms with Gasteiger partial charge in [-0.3, -0.25) is 0 Å². The lowest BCUT2D eigenvalue weighted by Gasteiger charge is -2.19. The third-order valence-electron chi connectivity index (χ3n) is 1.77. The van der Waals surface area contributed by atoms with E-state index in [1.54, 1.807) is 19.5 Å². The van der Waals surface area contributed by atoms with E-state index >= 15 is 0 Å². The average molecular weight is 342 g/mol. The fourth-order valence-corrected chi connectivity index (χ4v) is 1.73. The van der Waals surface area contributed by atoms with Crippen LogP contribution in [0.5, 0.6) is 0 Å². The summed E-state index contributed by atoms with van der Waals surface area (Å²) in [4.78, 5) is 10.3. The second-order valence-corrected chi connectivity index (χ2v) is 5.00. The molecule has 0 saturated carbocycles. The molecule has 0 radical (unpaired) electrons. The van der Waals surface area contributed by atoms with Crippen LogP contribution in [0.1, 0.15) is 0 Å². The largest absolute Gasteiger partial charge is 0.383 e. The molecule has 0 aliphatic rings. The maximum Gasteiger partial charge on any atom is 0.225 e. The molecule has 1 aromatic rings. The van der Waals surface area contributed by atoms with E-state index in [9.17, 15) is 0 Å². The first-order valence-electron chi connectivity index (χ1n) is 4.45. The highest BCUT2D eigenvalue weighted by Crippen LogP contribution is 2.09. The number of aromatic nitrogens is 2. The molecule has 0 bridgehead atoms. The van der Waals surface area contributed by atoms with Crippen LogP contribution in [0, 0.1) is 3.57 Å². The molecule has 0 N–H and O–H groups in total. The third kappa shape index (κ3) is 4.48. The van der Waals surface area contributed by atoms with Crippen LogP contribution in [0.15, 0.2) is 12.4 Å². The number of rotatable bonds is 5. The van der Waals surface area contributed by atoms with E-state index in [1.807, 2.05) is 11.9 Å². The van der Waals surface area contributed by atoms with Gasteiger partial charge >= 0.3 is 0 Å². The number of methoxy groups -OCH3 is 1. The van der Waals surface area contributed by atoms with E-state index in [2.05, 4.69) is 32.6 Å². The Hall–Kier alpha value is -0.140. The number of hydrogen-bond donors (Lipinski definition) is 0. The summed E-state index contributed by atoms with van der Waals surface area (Å²) in [6.45, 7) is 1.19. The standard InChI is InChI=1S/C9H13ClIN3O/c1-14(5-7(10)6-15-2)9-12-3-8(11)4-13-9/h3-4,7H,5-6H2,1-2H3. The predicted octanol–water partition coefficient (Wildman–Crippen LogP) is 1.77. The van der Waals surface area contributed by atoms with Crippen LogP contribution in [0.4, 0.5) is 5.95 Å². The molecule has 1 aromatic heterocycles. The molecular weight excluding hydrogens is 328 g/mol. The molecule has 6 heteroatoms. The summed E-state index contributed by atoms with van der Waals surface area (Å²) in [5, 5.41) is -0.0529. The van der Waals surface area contributed by atoms with Gasteiger partial charge in [-0.05, 0) is 22.6 Å². The first-order valence-corrected chi connectivity index (χ1v) is 5.96. The topological polar surface area (TPSA) is 38.2 Å². The third-order valence-corrected chi connectivity index (χ3v) is 2.59. The molecule has 0 aliphatic carbocycles. The summed E-state index contributed by atoms with van der Waals surface area (Å²) in [5.41, 5.74) is 0. The van der Waals surface area contributed by atoms with Gasteiger partial charge in [-0.2, -0.15) is 0 Å². The maximum atomic E-state index is 6.03. The molecule has 1 rings (SSSR count). The van der Waals surface area contributed by atoms with E-state index in [4.69, 9.17) is 16.3 Å². The van der Waals surface area contributed by atoms with Gasteiger partial charge in [0.25, 0.3) is 0 Å². The van der Waals surface area contributed by atoms with Gasteiger partial charge in [0, 0.05) is 36.7 Å². The zero-order chi connectivity index (χ0) is 11.3. The normalized spacial score (nSPS) is 12.5. The molecule has 0 saturated heterocycles. The van der Waals surface area contributed by atoms with Crippen molar-refractivity contribution in [3.05, 3.63) is 16.0 Å². The van der Waals surface area contributed by atoms with E-state index in [1.165, 1.54) is 0 Å². The summed E-state index contributed by atoms with van der Waals surface area (Å²) in [7, 11) is 3.55. The molecule has 0 aromatic carbocycles. The second kappa shape index (κ2) is 6.44. The molecule has 1 heterocycles. The van der Waals surface area contributed by atoms with Gasteiger partial charge in [0.2, 0.25) is 5.95 Å². The Kier molecular flexibility index (Phi) is 5.55. The molecule has 1 unspecified atom stereocenters. The highest BCUT2D eigenvalue weighted by atomic mass is 127. The number of ether oxygens (including phenoxy) is 1. The first kappa shape index (κ1) is 12.9. The molecule has 4 nitrogen and oxygen atoms in total. The summed E-state index contributed by atoms with van der Waals surface area (Å²) in [6, 6.07) is 0. The van der Waals surface area contributed by atoms with E-state index in [0.717, 1.165) is 3.57 Å². The van der Waals surface area contributed by atoms with Gasteiger partial charge in [0.05, 0.1) is 12.0 Å². The molecule has 84 valence electrons. The number of hydrogen-bond acceptors (Lipinski definition) is 4. The Morgan fingerprint density at radius 3 is 2.67 bits per heavy atom. The highest BCUT2D eigenvalue weighted by Gasteiger charge is 2.10. The number of anilines is 1. The fraction of sp³-hybridized carbons (Fsp3) is 0.556. The van der Waals surface area contributed by atoms with Gasteiger partial charge < -0.3 is 9.64 Å². The highest BCUT2D eigenvalue weighted by molar-refractivity contribution is 14.1. The lowest BCUT2D eigenvalue weighted by molar-refractivity contribution is 0.199. The van der Waals surface area contributed by atoms with Crippen LogP contribution in [-0.4, -0.2) is 42.7 Å². The van der Waals surface area contributed by atoms with E-state index in [0.29, 0.717) is 19.1 Å². The molecular formula is C9H13ClIN3O. The average Bonchev–Trinajstić information content (AvgIpc) is 2.18. The first-order chi connectivity index (χ1) is 7.13. The van der Waals surface area contributed by atoms with Crippen molar-refractivity contribution in [2.45, 2.75) is 5.38 Å². The van der Waals surface area contributed by atoms with Crippen molar-refractivity contribution in [3.8, 4) is 0 Å². The SMILES string of the molecule is COCC(Cl)CN(C)c1ncc(I)cn1. The lowest BCUT2D eigenvalue weighted by atomic mass is 10.4. The molecule has 0 aliphatic heterocycles. The number of nitrogens with zero attached hydrogens (tertiary/aromatic N) is 3. The second-order valence-electron chi connectivity index (χ2n) is 3.13. The van der Waals surface area contributed by atoms with Gasteiger partial charge in [0.15, 0.2) is 0 Å². The fourth-order valence-electron chi connectivity index (χ4n) is 1.11. The minimum atomic E-state index is -0.0529. The molecule has 15 heavy (non-hydrogen) atoms. The zero-order valence-electron chi connectivity index (χ0n) is 8.65. The van der Waals surface area contributed by atoms with Gasteiger partial charge in [-0.15, -0.1) is 11.6 Å². The molecule has 1 atom stereocenters. The van der Waals surface area contributed by atoms with Crippen molar-refractivity contribution in [1.82, 2.24) is 9.97 Å². The summed E-state index contributed by atoms with van der Waals surface area (Å²) in [5.74, 6) is 0.678. The van der Waals surface area contributed by atoms with Crippen LogP contribution in [-0.2, 0) is 4.74 Å². The number of alkyl halides is 1. The van der Waals surface area contributed by atoms with Crippen LogP contribution < -0.4 is 4.90 Å². The van der Waals surface area contributed by atoms with Crippen molar-refractivity contribution in [2.24, 2.45) is 0 Å². The van der Waals surface area contributed by atoms with Gasteiger partial charge in [0.1, 0.15) is 0 Å².